The lowest BCUT2D eigenvalue weighted by Crippen LogP contribution is -2.41. The minimum Gasteiger partial charge on any atom is -0.398 e. The summed E-state index contributed by atoms with van der Waals surface area (Å²) in [6.45, 7) is 8.30. The van der Waals surface area contributed by atoms with Crippen LogP contribution in [0, 0.1) is 0 Å². The average molecular weight is 355 g/mol. The van der Waals surface area contributed by atoms with E-state index in [9.17, 15) is 0 Å². The highest BCUT2D eigenvalue weighted by molar-refractivity contribution is 6.64. The van der Waals surface area contributed by atoms with Crippen LogP contribution in [0.15, 0.2) is 60.7 Å². The summed E-state index contributed by atoms with van der Waals surface area (Å²) in [7, 11) is -0.483. The zero-order valence-corrected chi connectivity index (χ0v) is 16.1. The van der Waals surface area contributed by atoms with Gasteiger partial charge in [-0.1, -0.05) is 60.7 Å². The van der Waals surface area contributed by atoms with Crippen molar-refractivity contribution < 1.29 is 9.31 Å². The van der Waals surface area contributed by atoms with Crippen molar-refractivity contribution in [3.8, 4) is 0 Å². The Balaban J connectivity index is 1.85. The maximum atomic E-state index is 6.33. The largest absolute Gasteiger partial charge is 0.515 e. The lowest BCUT2D eigenvalue weighted by Gasteiger charge is -2.32. The monoisotopic (exact) mass is 355 g/mol. The Bertz CT molecular complexity index is 1180. The fourth-order valence-corrected chi connectivity index (χ4v) is 3.85. The number of hydrogen-bond donors (Lipinski definition) is 0. The number of aromatic nitrogens is 1. The van der Waals surface area contributed by atoms with Crippen LogP contribution in [0.1, 0.15) is 27.7 Å². The molecule has 4 heteroatoms. The van der Waals surface area contributed by atoms with Gasteiger partial charge in [-0.05, 0) is 38.5 Å². The number of fused-ring (bicyclic) bond motifs is 5. The van der Waals surface area contributed by atoms with E-state index in [4.69, 9.17) is 14.3 Å². The Morgan fingerprint density at radius 2 is 1.26 bits per heavy atom. The minimum atomic E-state index is -0.483. The van der Waals surface area contributed by atoms with E-state index in [2.05, 4.69) is 82.3 Å². The van der Waals surface area contributed by atoms with Gasteiger partial charge in [0.2, 0.25) is 0 Å². The van der Waals surface area contributed by atoms with Crippen LogP contribution < -0.4 is 5.59 Å². The van der Waals surface area contributed by atoms with Crippen LogP contribution in [0.4, 0.5) is 0 Å². The predicted octanol–water partition coefficient (Wildman–Crippen LogP) is 4.84. The highest BCUT2D eigenvalue weighted by Crippen LogP contribution is 2.37. The lowest BCUT2D eigenvalue weighted by atomic mass is 9.80. The van der Waals surface area contributed by atoms with Crippen LogP contribution >= 0.6 is 0 Å². The fourth-order valence-electron chi connectivity index (χ4n) is 3.85. The second-order valence-electron chi connectivity index (χ2n) is 8.31. The van der Waals surface area contributed by atoms with Crippen LogP contribution in [0.25, 0.3) is 32.4 Å². The van der Waals surface area contributed by atoms with Crippen molar-refractivity contribution in [2.24, 2.45) is 0 Å². The molecule has 0 amide bonds. The molecule has 1 aliphatic heterocycles. The molecule has 2 heterocycles. The molecule has 3 aromatic carbocycles. The summed E-state index contributed by atoms with van der Waals surface area (Å²) in [5, 5.41) is 5.76. The number of benzene rings is 3. The van der Waals surface area contributed by atoms with Crippen LogP contribution in [0.2, 0.25) is 0 Å². The Morgan fingerprint density at radius 1 is 0.667 bits per heavy atom. The quantitative estimate of drug-likeness (QED) is 0.362. The van der Waals surface area contributed by atoms with Gasteiger partial charge in [0.1, 0.15) is 0 Å². The Hall–Kier alpha value is -2.43. The predicted molar refractivity (Wildman–Crippen MR) is 112 cm³/mol. The molecule has 27 heavy (non-hydrogen) atoms. The van der Waals surface area contributed by atoms with Gasteiger partial charge < -0.3 is 9.31 Å². The van der Waals surface area contributed by atoms with Crippen LogP contribution in [0.3, 0.4) is 0 Å². The molecule has 0 spiro atoms. The van der Waals surface area contributed by atoms with Crippen molar-refractivity contribution in [3.63, 3.8) is 0 Å². The summed E-state index contributed by atoms with van der Waals surface area (Å²) in [5.41, 5.74) is 1.06. The van der Waals surface area contributed by atoms with Gasteiger partial charge in [0.05, 0.1) is 22.3 Å². The van der Waals surface area contributed by atoms with Gasteiger partial charge in [-0.2, -0.15) is 0 Å². The Kier molecular flexibility index (Phi) is 3.43. The summed E-state index contributed by atoms with van der Waals surface area (Å²) < 4.78 is 12.7. The molecule has 134 valence electrons. The highest BCUT2D eigenvalue weighted by Gasteiger charge is 2.52. The average Bonchev–Trinajstić information content (AvgIpc) is 2.88. The molecule has 0 unspecified atom stereocenters. The van der Waals surface area contributed by atoms with E-state index in [1.165, 1.54) is 10.8 Å². The summed E-state index contributed by atoms with van der Waals surface area (Å²) in [6, 6.07) is 21.1. The first kappa shape index (κ1) is 16.7. The van der Waals surface area contributed by atoms with Gasteiger partial charge in [0.25, 0.3) is 0 Å². The van der Waals surface area contributed by atoms with E-state index in [0.717, 1.165) is 27.3 Å². The van der Waals surface area contributed by atoms with E-state index >= 15 is 0 Å². The number of rotatable bonds is 1. The van der Waals surface area contributed by atoms with Crippen molar-refractivity contribution in [1.29, 1.82) is 0 Å². The maximum Gasteiger partial charge on any atom is 0.515 e. The molecule has 4 aromatic rings. The zero-order chi connectivity index (χ0) is 18.8. The third-order valence-electron chi connectivity index (χ3n) is 6.10. The molecule has 3 nitrogen and oxygen atoms in total. The highest BCUT2D eigenvalue weighted by atomic mass is 16.7. The third kappa shape index (κ3) is 2.40. The lowest BCUT2D eigenvalue weighted by molar-refractivity contribution is 0.00578. The van der Waals surface area contributed by atoms with E-state index in [-0.39, 0.29) is 0 Å². The van der Waals surface area contributed by atoms with Crippen LogP contribution in [0.5, 0.6) is 0 Å². The van der Waals surface area contributed by atoms with Crippen molar-refractivity contribution >= 4 is 45.2 Å². The zero-order valence-electron chi connectivity index (χ0n) is 16.1. The fraction of sp³-hybridized carbons (Fsp3) is 0.261. The van der Waals surface area contributed by atoms with Gasteiger partial charge in [0, 0.05) is 16.2 Å². The first-order valence-corrected chi connectivity index (χ1v) is 9.43. The van der Waals surface area contributed by atoms with Crippen LogP contribution in [-0.2, 0) is 9.31 Å². The molecule has 1 saturated heterocycles. The van der Waals surface area contributed by atoms with E-state index in [1.54, 1.807) is 0 Å². The maximum absolute atomic E-state index is 6.33. The van der Waals surface area contributed by atoms with Crippen molar-refractivity contribution in [1.82, 2.24) is 4.98 Å². The topological polar surface area (TPSA) is 31.4 Å². The van der Waals surface area contributed by atoms with E-state index < -0.39 is 18.3 Å². The van der Waals surface area contributed by atoms with Gasteiger partial charge >= 0.3 is 7.12 Å². The Labute approximate surface area is 159 Å². The molecule has 0 radical (unpaired) electrons. The van der Waals surface area contributed by atoms with Gasteiger partial charge in [0.15, 0.2) is 0 Å². The number of hydrogen-bond acceptors (Lipinski definition) is 3. The molecule has 1 aliphatic rings. The first-order valence-electron chi connectivity index (χ1n) is 9.43. The SMILES string of the molecule is CC1(C)OB(c2nc3c4ccccc4ccc3c3ccccc23)OC1(C)C. The van der Waals surface area contributed by atoms with Crippen LogP contribution in [-0.4, -0.2) is 23.3 Å². The van der Waals surface area contributed by atoms with Crippen molar-refractivity contribution in [2.75, 3.05) is 0 Å². The first-order chi connectivity index (χ1) is 12.9. The smallest absolute Gasteiger partial charge is 0.398 e. The van der Waals surface area contributed by atoms with Gasteiger partial charge in [-0.3, -0.25) is 4.98 Å². The van der Waals surface area contributed by atoms with Crippen molar-refractivity contribution in [3.05, 3.63) is 60.7 Å². The minimum absolute atomic E-state index is 0.395. The van der Waals surface area contributed by atoms with E-state index in [0.29, 0.717) is 0 Å². The number of nitrogens with zero attached hydrogens (tertiary/aromatic N) is 1. The molecular formula is C23H22BNO2. The van der Waals surface area contributed by atoms with Crippen molar-refractivity contribution in [2.45, 2.75) is 38.9 Å². The standard InChI is InChI=1S/C23H22BNO2/c1-22(2)23(3,4)27-24(26-22)21-19-12-8-7-11-17(19)18-14-13-15-9-5-6-10-16(15)20(18)25-21/h5-14H,1-4H3. The molecule has 5 rings (SSSR count). The molecule has 0 saturated carbocycles. The second-order valence-corrected chi connectivity index (χ2v) is 8.31. The van der Waals surface area contributed by atoms with E-state index in [1.807, 2.05) is 6.07 Å². The third-order valence-corrected chi connectivity index (χ3v) is 6.10. The molecule has 0 bridgehead atoms. The molecular weight excluding hydrogens is 333 g/mol. The summed E-state index contributed by atoms with van der Waals surface area (Å²) >= 11 is 0. The summed E-state index contributed by atoms with van der Waals surface area (Å²) in [5.74, 6) is 0. The molecule has 0 aliphatic carbocycles. The van der Waals surface area contributed by atoms with Gasteiger partial charge in [-0.15, -0.1) is 0 Å². The Morgan fingerprint density at radius 3 is 1.96 bits per heavy atom. The number of pyridine rings is 1. The molecule has 1 aromatic heterocycles. The summed E-state index contributed by atoms with van der Waals surface area (Å²) in [4.78, 5) is 5.09. The normalized spacial score (nSPS) is 18.6. The molecule has 0 N–H and O–H groups in total. The second kappa shape index (κ2) is 5.54. The molecule has 1 fully saturated rings. The summed E-state index contributed by atoms with van der Waals surface area (Å²) in [6.07, 6.45) is 0. The van der Waals surface area contributed by atoms with Gasteiger partial charge in [-0.25, -0.2) is 0 Å². The molecule has 0 atom stereocenters.